The van der Waals surface area contributed by atoms with Crippen LogP contribution in [0, 0.1) is 0 Å². The van der Waals surface area contributed by atoms with E-state index in [1.165, 1.54) is 40.7 Å². The minimum atomic E-state index is -1.02. The van der Waals surface area contributed by atoms with Gasteiger partial charge in [-0.25, -0.2) is 9.59 Å². The van der Waals surface area contributed by atoms with Crippen molar-refractivity contribution in [2.75, 3.05) is 124 Å². The second-order valence-electron chi connectivity index (χ2n) is 16.5. The first kappa shape index (κ1) is 47.1. The molecule has 4 aromatic rings. The Kier molecular flexibility index (Phi) is 15.8. The van der Waals surface area contributed by atoms with E-state index in [4.69, 9.17) is 28.0 Å². The van der Waals surface area contributed by atoms with E-state index >= 15 is 0 Å². The first-order valence-corrected chi connectivity index (χ1v) is 21.3. The zero-order chi connectivity index (χ0) is 45.4. The molecule has 62 heavy (non-hydrogen) atoms. The fraction of sp³-hybridized carbons (Fsp3) is 0.435. The van der Waals surface area contributed by atoms with Gasteiger partial charge in [-0.05, 0) is 110 Å². The zero-order valence-electron chi connectivity index (χ0n) is 37.9. The van der Waals surface area contributed by atoms with Gasteiger partial charge >= 0.3 is 11.9 Å². The zero-order valence-corrected chi connectivity index (χ0v) is 37.9. The highest BCUT2D eigenvalue weighted by Gasteiger charge is 2.33. The Hall–Kier alpha value is -5.94. The van der Waals surface area contributed by atoms with Crippen molar-refractivity contribution < 1.29 is 19.8 Å². The van der Waals surface area contributed by atoms with E-state index < -0.39 is 11.9 Å². The quantitative estimate of drug-likeness (QED) is 0.135. The Morgan fingerprint density at radius 3 is 1.34 bits per heavy atom. The Morgan fingerprint density at radius 1 is 0.500 bits per heavy atom. The van der Waals surface area contributed by atoms with Gasteiger partial charge in [-0.1, -0.05) is 12.1 Å². The number of hydrogen-bond acceptors (Lipinski definition) is 14. The summed E-state index contributed by atoms with van der Waals surface area (Å²) in [5.74, 6) is -1.83. The third-order valence-electron chi connectivity index (χ3n) is 11.4. The van der Waals surface area contributed by atoms with Crippen LogP contribution < -0.4 is 42.5 Å². The van der Waals surface area contributed by atoms with Crippen molar-refractivity contribution in [3.8, 4) is 0 Å². The van der Waals surface area contributed by atoms with Crippen LogP contribution in [0.2, 0.25) is 0 Å². The Bertz CT molecular complexity index is 2120. The van der Waals surface area contributed by atoms with Crippen LogP contribution >= 0.6 is 0 Å². The number of fused-ring (bicyclic) bond motifs is 5. The maximum Gasteiger partial charge on any atom is 0.336 e. The van der Waals surface area contributed by atoms with Crippen molar-refractivity contribution in [2.24, 2.45) is 0 Å². The number of carboxylic acid groups (broad SMARTS) is 2. The SMILES string of the molecule is CCN1CN(C)Cc2c1cc1c(c2C(=O)O)CN(C)CN1CC.CCN1CN(C)Cc2c1ccc1c2N(CC)CN(C)C1.Nc1cc(N)cc(C(=O)O)c1.Nc1cccc(N)c1. The maximum atomic E-state index is 12.1. The summed E-state index contributed by atoms with van der Waals surface area (Å²) in [6.45, 7) is 19.9. The molecule has 0 bridgehead atoms. The van der Waals surface area contributed by atoms with Gasteiger partial charge < -0.3 is 52.7 Å². The number of anilines is 8. The third-order valence-corrected chi connectivity index (χ3v) is 11.4. The third kappa shape index (κ3) is 11.1. The summed E-state index contributed by atoms with van der Waals surface area (Å²) in [5, 5.41) is 18.4. The van der Waals surface area contributed by atoms with Gasteiger partial charge in [-0.2, -0.15) is 0 Å². The van der Waals surface area contributed by atoms with Gasteiger partial charge in [-0.3, -0.25) is 19.6 Å². The van der Waals surface area contributed by atoms with Crippen molar-refractivity contribution in [2.45, 2.75) is 53.9 Å². The summed E-state index contributed by atoms with van der Waals surface area (Å²) in [4.78, 5) is 41.1. The standard InChI is InChI=1S/C17H26N4O2.C16H26N4.C7H8N2O2.C6H8N2/c1-5-20-10-18(3)8-12-14(20)7-15-13(16(12)17(22)23)9-19(4)11-21(15)6-2;1-5-19-11-18(4)10-14-15(19)8-7-13-9-17(3)12-20(6-2)16(13)14;8-5-1-4(7(10)11)2-6(9)3-5;7-5-2-1-3-6(8)4-5/h7H,5-6,8-11H2,1-4H3,(H,22,23);7-8H,5-6,9-12H2,1-4H3;1-3H,8-9H2,(H,10,11);1-4H,7-8H2. The Balaban J connectivity index is 0.000000168. The fourth-order valence-electron chi connectivity index (χ4n) is 8.73. The van der Waals surface area contributed by atoms with Crippen LogP contribution in [0.3, 0.4) is 0 Å². The molecule has 4 aromatic carbocycles. The number of nitrogens with zero attached hydrogens (tertiary/aromatic N) is 8. The largest absolute Gasteiger partial charge is 0.478 e. The highest BCUT2D eigenvalue weighted by atomic mass is 16.4. The molecule has 0 unspecified atom stereocenters. The van der Waals surface area contributed by atoms with Crippen molar-refractivity contribution in [1.82, 2.24) is 19.6 Å². The van der Waals surface area contributed by atoms with E-state index in [0.717, 1.165) is 88.4 Å². The van der Waals surface area contributed by atoms with Crippen LogP contribution in [-0.4, -0.2) is 123 Å². The first-order chi connectivity index (χ1) is 29.5. The van der Waals surface area contributed by atoms with Crippen LogP contribution in [0.5, 0.6) is 0 Å². The van der Waals surface area contributed by atoms with Crippen molar-refractivity contribution >= 4 is 57.4 Å². The van der Waals surface area contributed by atoms with Crippen LogP contribution in [0.25, 0.3) is 0 Å². The summed E-state index contributed by atoms with van der Waals surface area (Å²) in [5.41, 5.74) is 34.3. The monoisotopic (exact) mass is 853 g/mol. The van der Waals surface area contributed by atoms with Gasteiger partial charge in [0.15, 0.2) is 0 Å². The molecule has 0 aliphatic carbocycles. The van der Waals surface area contributed by atoms with Gasteiger partial charge in [0, 0.05) is 115 Å². The summed E-state index contributed by atoms with van der Waals surface area (Å²) < 4.78 is 0. The van der Waals surface area contributed by atoms with Gasteiger partial charge in [0.1, 0.15) is 0 Å². The average molecular weight is 853 g/mol. The highest BCUT2D eigenvalue weighted by Crippen LogP contribution is 2.41. The highest BCUT2D eigenvalue weighted by molar-refractivity contribution is 5.96. The molecule has 0 saturated carbocycles. The molecule has 4 aliphatic heterocycles. The van der Waals surface area contributed by atoms with Crippen LogP contribution in [0.1, 0.15) is 70.7 Å². The fourth-order valence-corrected chi connectivity index (χ4v) is 8.73. The number of hydrogen-bond donors (Lipinski definition) is 6. The molecule has 0 radical (unpaired) electrons. The Labute approximate surface area is 367 Å². The molecule has 16 nitrogen and oxygen atoms in total. The molecule has 0 aromatic heterocycles. The lowest BCUT2D eigenvalue weighted by atomic mass is 9.93. The van der Waals surface area contributed by atoms with Crippen molar-refractivity contribution in [1.29, 1.82) is 0 Å². The first-order valence-electron chi connectivity index (χ1n) is 21.3. The molecule has 0 fully saturated rings. The van der Waals surface area contributed by atoms with Crippen LogP contribution in [0.4, 0.5) is 45.5 Å². The van der Waals surface area contributed by atoms with Gasteiger partial charge in [0.05, 0.1) is 37.8 Å². The van der Waals surface area contributed by atoms with E-state index in [2.05, 4.69) is 99.2 Å². The minimum Gasteiger partial charge on any atom is -0.478 e. The predicted molar refractivity (Wildman–Crippen MR) is 255 cm³/mol. The summed E-state index contributed by atoms with van der Waals surface area (Å²) in [6.07, 6.45) is 0. The lowest BCUT2D eigenvalue weighted by molar-refractivity contribution is 0.0683. The molecule has 10 N–H and O–H groups in total. The number of rotatable bonds is 6. The number of carboxylic acids is 2. The second kappa shape index (κ2) is 20.8. The molecule has 0 amide bonds. The lowest BCUT2D eigenvalue weighted by Crippen LogP contribution is -2.44. The molecule has 336 valence electrons. The molecule has 0 spiro atoms. The van der Waals surface area contributed by atoms with Crippen molar-refractivity contribution in [3.63, 3.8) is 0 Å². The maximum absolute atomic E-state index is 12.1. The molecule has 8 rings (SSSR count). The number of nitrogen functional groups attached to an aromatic ring is 4. The molecule has 0 atom stereocenters. The predicted octanol–water partition coefficient (Wildman–Crippen LogP) is 5.39. The molecule has 4 aliphatic rings. The average Bonchev–Trinajstić information content (AvgIpc) is 3.21. The smallest absolute Gasteiger partial charge is 0.336 e. The molecular formula is C46H68N12O4. The number of aromatic carboxylic acids is 2. The van der Waals surface area contributed by atoms with E-state index in [-0.39, 0.29) is 5.56 Å². The van der Waals surface area contributed by atoms with Gasteiger partial charge in [0.25, 0.3) is 0 Å². The molecular weight excluding hydrogens is 785 g/mol. The van der Waals surface area contributed by atoms with E-state index in [1.54, 1.807) is 18.2 Å². The van der Waals surface area contributed by atoms with Gasteiger partial charge in [-0.15, -0.1) is 0 Å². The number of nitrogens with two attached hydrogens (primary N) is 4. The topological polar surface area (TPSA) is 205 Å². The second-order valence-corrected chi connectivity index (χ2v) is 16.5. The van der Waals surface area contributed by atoms with Crippen molar-refractivity contribution in [3.05, 3.63) is 94.0 Å². The summed E-state index contributed by atoms with van der Waals surface area (Å²) in [7, 11) is 8.51. The molecule has 16 heteroatoms. The number of benzene rings is 4. The van der Waals surface area contributed by atoms with E-state index in [1.807, 2.05) is 20.2 Å². The molecule has 4 heterocycles. The van der Waals surface area contributed by atoms with Crippen LogP contribution in [0.15, 0.2) is 60.7 Å². The minimum absolute atomic E-state index is 0.113. The summed E-state index contributed by atoms with van der Waals surface area (Å²) in [6, 6.07) is 18.3. The number of carbonyl (C=O) groups is 2. The van der Waals surface area contributed by atoms with Gasteiger partial charge in [0.2, 0.25) is 0 Å². The van der Waals surface area contributed by atoms with E-state index in [9.17, 15) is 14.7 Å². The summed E-state index contributed by atoms with van der Waals surface area (Å²) >= 11 is 0. The normalized spacial score (nSPS) is 16.3. The Morgan fingerprint density at radius 2 is 0.919 bits per heavy atom. The van der Waals surface area contributed by atoms with E-state index in [0.29, 0.717) is 41.4 Å². The van der Waals surface area contributed by atoms with Crippen LogP contribution in [-0.2, 0) is 26.2 Å². The lowest BCUT2D eigenvalue weighted by Gasteiger charge is -2.43. The molecule has 0 saturated heterocycles.